The first kappa shape index (κ1) is 17.4. The van der Waals surface area contributed by atoms with Gasteiger partial charge >= 0.3 is 0 Å². The van der Waals surface area contributed by atoms with Crippen LogP contribution < -0.4 is 11.1 Å². The van der Waals surface area contributed by atoms with Crippen LogP contribution in [0.1, 0.15) is 22.8 Å². The first-order valence-corrected chi connectivity index (χ1v) is 6.51. The molecule has 8 heteroatoms. The maximum Gasteiger partial charge on any atom is 0.274 e. The predicted molar refractivity (Wildman–Crippen MR) is 81.6 cm³/mol. The van der Waals surface area contributed by atoms with Crippen molar-refractivity contribution in [3.8, 4) is 0 Å². The molecule has 1 saturated heterocycles. The Kier molecular flexibility index (Phi) is 6.07. The molecular weight excluding hydrogens is 296 g/mol. The summed E-state index contributed by atoms with van der Waals surface area (Å²) in [5, 5.41) is 14.4. The molecule has 1 amide bonds. The summed E-state index contributed by atoms with van der Waals surface area (Å²) < 4.78 is 0. The van der Waals surface area contributed by atoms with E-state index in [-0.39, 0.29) is 23.7 Å². The molecule has 0 saturated carbocycles. The molecule has 21 heavy (non-hydrogen) atoms. The number of benzene rings is 1. The molecule has 3 N–H and O–H groups in total. The molecule has 0 aliphatic carbocycles. The molecule has 1 heterocycles. The number of amides is 1. The number of primary amides is 1. The maximum atomic E-state index is 11.1. The Balaban J connectivity index is 0.00000220. The van der Waals surface area contributed by atoms with E-state index in [1.165, 1.54) is 12.1 Å². The Hall–Kier alpha value is -1.70. The third kappa shape index (κ3) is 4.13. The minimum absolute atomic E-state index is 0. The van der Waals surface area contributed by atoms with Gasteiger partial charge < -0.3 is 11.1 Å². The quantitative estimate of drug-likeness (QED) is 0.635. The van der Waals surface area contributed by atoms with Crippen molar-refractivity contribution in [2.75, 3.05) is 19.6 Å². The second kappa shape index (κ2) is 7.35. The molecule has 1 fully saturated rings. The summed E-state index contributed by atoms with van der Waals surface area (Å²) in [7, 11) is 0. The van der Waals surface area contributed by atoms with Gasteiger partial charge in [0.15, 0.2) is 0 Å². The predicted octanol–water partition coefficient (Wildman–Crippen LogP) is 0.909. The molecule has 116 valence electrons. The molecule has 7 nitrogen and oxygen atoms in total. The van der Waals surface area contributed by atoms with Gasteiger partial charge in [-0.2, -0.15) is 0 Å². The molecular formula is C13H19ClN4O3. The fraction of sp³-hybridized carbons (Fsp3) is 0.462. The maximum absolute atomic E-state index is 11.1. The summed E-state index contributed by atoms with van der Waals surface area (Å²) in [6.45, 7) is 5.16. The summed E-state index contributed by atoms with van der Waals surface area (Å²) in [6, 6.07) is 4.73. The normalized spacial score (nSPS) is 18.8. The molecule has 0 radical (unpaired) electrons. The van der Waals surface area contributed by atoms with E-state index >= 15 is 0 Å². The van der Waals surface area contributed by atoms with Crippen LogP contribution in [0.2, 0.25) is 0 Å². The van der Waals surface area contributed by atoms with Gasteiger partial charge in [-0.3, -0.25) is 19.8 Å². The van der Waals surface area contributed by atoms with Crippen molar-refractivity contribution in [1.29, 1.82) is 0 Å². The van der Waals surface area contributed by atoms with Crippen LogP contribution in [0.15, 0.2) is 18.2 Å². The standard InChI is InChI=1S/C13H18N4O3.ClH/c1-9-7-15-4-5-16(9)8-11-3-2-10(13(14)18)6-12(11)17(19)20;/h2-3,6,9,15H,4-5,7-8H2,1H3,(H2,14,18);1H/t9-;/m1./s1. The van der Waals surface area contributed by atoms with Gasteiger partial charge in [0.2, 0.25) is 5.91 Å². The van der Waals surface area contributed by atoms with Crippen molar-refractivity contribution in [3.63, 3.8) is 0 Å². The summed E-state index contributed by atoms with van der Waals surface area (Å²) in [6.07, 6.45) is 0. The number of nitro benzene ring substituents is 1. The van der Waals surface area contributed by atoms with Crippen LogP contribution in [0.4, 0.5) is 5.69 Å². The minimum atomic E-state index is -0.657. The largest absolute Gasteiger partial charge is 0.366 e. The average molecular weight is 315 g/mol. The Morgan fingerprint density at radius 2 is 2.29 bits per heavy atom. The Bertz CT molecular complexity index is 538. The number of nitrogens with two attached hydrogens (primary N) is 1. The molecule has 1 aliphatic heterocycles. The molecule has 0 unspecified atom stereocenters. The second-order valence-electron chi connectivity index (χ2n) is 4.99. The average Bonchev–Trinajstić information content (AvgIpc) is 2.41. The van der Waals surface area contributed by atoms with Crippen LogP contribution in [-0.4, -0.2) is 41.4 Å². The van der Waals surface area contributed by atoms with Gasteiger partial charge in [-0.05, 0) is 13.0 Å². The van der Waals surface area contributed by atoms with E-state index < -0.39 is 10.8 Å². The lowest BCUT2D eigenvalue weighted by molar-refractivity contribution is -0.385. The third-order valence-corrected chi connectivity index (χ3v) is 3.58. The highest BCUT2D eigenvalue weighted by atomic mass is 35.5. The van der Waals surface area contributed by atoms with Gasteiger partial charge in [-0.15, -0.1) is 12.4 Å². The summed E-state index contributed by atoms with van der Waals surface area (Å²) in [5.74, 6) is -0.657. The number of rotatable bonds is 4. The number of piperazine rings is 1. The molecule has 0 spiro atoms. The van der Waals surface area contributed by atoms with Crippen molar-refractivity contribution >= 4 is 24.0 Å². The van der Waals surface area contributed by atoms with E-state index in [0.717, 1.165) is 19.6 Å². The van der Waals surface area contributed by atoms with Crippen LogP contribution in [0.5, 0.6) is 0 Å². The van der Waals surface area contributed by atoms with E-state index in [9.17, 15) is 14.9 Å². The Morgan fingerprint density at radius 1 is 1.57 bits per heavy atom. The molecule has 1 aliphatic rings. The summed E-state index contributed by atoms with van der Waals surface area (Å²) in [4.78, 5) is 24.0. The van der Waals surface area contributed by atoms with E-state index in [1.807, 2.05) is 0 Å². The van der Waals surface area contributed by atoms with Crippen molar-refractivity contribution in [3.05, 3.63) is 39.4 Å². The monoisotopic (exact) mass is 314 g/mol. The zero-order valence-electron chi connectivity index (χ0n) is 11.7. The first-order valence-electron chi connectivity index (χ1n) is 6.51. The van der Waals surface area contributed by atoms with Crippen molar-refractivity contribution < 1.29 is 9.72 Å². The molecule has 0 bridgehead atoms. The number of nitro groups is 1. The van der Waals surface area contributed by atoms with Gasteiger partial charge in [0.05, 0.1) is 4.92 Å². The molecule has 1 atom stereocenters. The van der Waals surface area contributed by atoms with Gasteiger partial charge in [0.25, 0.3) is 5.69 Å². The number of hydrogen-bond acceptors (Lipinski definition) is 5. The van der Waals surface area contributed by atoms with Gasteiger partial charge in [0.1, 0.15) is 0 Å². The van der Waals surface area contributed by atoms with Gasteiger partial charge in [0, 0.05) is 49.4 Å². The molecule has 0 aromatic heterocycles. The van der Waals surface area contributed by atoms with Gasteiger partial charge in [-0.25, -0.2) is 0 Å². The third-order valence-electron chi connectivity index (χ3n) is 3.58. The van der Waals surface area contributed by atoms with Crippen molar-refractivity contribution in [2.45, 2.75) is 19.5 Å². The number of halogens is 1. The highest BCUT2D eigenvalue weighted by Crippen LogP contribution is 2.23. The van der Waals surface area contributed by atoms with E-state index in [0.29, 0.717) is 18.2 Å². The zero-order chi connectivity index (χ0) is 14.7. The molecule has 1 aromatic rings. The van der Waals surface area contributed by atoms with Crippen molar-refractivity contribution in [1.82, 2.24) is 10.2 Å². The Labute approximate surface area is 129 Å². The van der Waals surface area contributed by atoms with Gasteiger partial charge in [-0.1, -0.05) is 6.07 Å². The summed E-state index contributed by atoms with van der Waals surface area (Å²) >= 11 is 0. The molecule has 2 rings (SSSR count). The second-order valence-corrected chi connectivity index (χ2v) is 4.99. The van der Waals surface area contributed by atoms with Crippen LogP contribution in [0.25, 0.3) is 0 Å². The summed E-state index contributed by atoms with van der Waals surface area (Å²) in [5.41, 5.74) is 5.88. The van der Waals surface area contributed by atoms with E-state index in [2.05, 4.69) is 17.1 Å². The highest BCUT2D eigenvalue weighted by molar-refractivity contribution is 5.93. The smallest absolute Gasteiger partial charge is 0.274 e. The first-order chi connectivity index (χ1) is 9.49. The molecule has 1 aromatic carbocycles. The van der Waals surface area contributed by atoms with E-state index in [4.69, 9.17) is 5.73 Å². The lowest BCUT2D eigenvalue weighted by Gasteiger charge is -2.33. The van der Waals surface area contributed by atoms with Crippen molar-refractivity contribution in [2.24, 2.45) is 5.73 Å². The minimum Gasteiger partial charge on any atom is -0.366 e. The van der Waals surface area contributed by atoms with E-state index in [1.54, 1.807) is 6.07 Å². The number of nitrogens with zero attached hydrogens (tertiary/aromatic N) is 2. The van der Waals surface area contributed by atoms with Crippen LogP contribution in [-0.2, 0) is 6.54 Å². The van der Waals surface area contributed by atoms with Crippen LogP contribution in [0.3, 0.4) is 0 Å². The number of carbonyl (C=O) groups is 1. The number of nitrogens with one attached hydrogen (secondary N) is 1. The fourth-order valence-electron chi connectivity index (χ4n) is 2.36. The fourth-order valence-corrected chi connectivity index (χ4v) is 2.36. The van der Waals surface area contributed by atoms with Crippen LogP contribution >= 0.6 is 12.4 Å². The topological polar surface area (TPSA) is 102 Å². The highest BCUT2D eigenvalue weighted by Gasteiger charge is 2.23. The number of hydrogen-bond donors (Lipinski definition) is 2. The lowest BCUT2D eigenvalue weighted by Crippen LogP contribution is -2.49. The van der Waals surface area contributed by atoms with Crippen LogP contribution in [0, 0.1) is 10.1 Å². The number of carbonyl (C=O) groups excluding carboxylic acids is 1. The SMILES string of the molecule is C[C@@H]1CNCCN1Cc1ccc(C(N)=O)cc1[N+](=O)[O-].Cl. The zero-order valence-corrected chi connectivity index (χ0v) is 12.6. The lowest BCUT2D eigenvalue weighted by atomic mass is 10.1. The Morgan fingerprint density at radius 3 is 2.86 bits per heavy atom.